The molecule has 1 amide bonds. The van der Waals surface area contributed by atoms with E-state index in [1.165, 1.54) is 11.3 Å². The maximum atomic E-state index is 12.6. The zero-order chi connectivity index (χ0) is 17.6. The maximum absolute atomic E-state index is 12.6. The molecule has 0 aliphatic carbocycles. The Hall–Kier alpha value is -2.38. The van der Waals surface area contributed by atoms with Gasteiger partial charge in [0.2, 0.25) is 0 Å². The summed E-state index contributed by atoms with van der Waals surface area (Å²) in [4.78, 5) is 17.4. The first-order valence-electron chi connectivity index (χ1n) is 7.48. The fraction of sp³-hybridized carbons (Fsp3) is 0.111. The number of halogens is 1. The average Bonchev–Trinajstić information content (AvgIpc) is 3.17. The quantitative estimate of drug-likeness (QED) is 0.483. The van der Waals surface area contributed by atoms with Crippen molar-refractivity contribution in [3.8, 4) is 5.75 Å². The lowest BCUT2D eigenvalue weighted by atomic mass is 10.2. The average molecular weight is 417 g/mol. The number of ether oxygens (including phenoxy) is 1. The van der Waals surface area contributed by atoms with Crippen LogP contribution in [0.1, 0.15) is 10.6 Å². The Morgan fingerprint density at radius 2 is 2.08 bits per heavy atom. The molecule has 126 valence electrons. The molecule has 0 spiro atoms. The van der Waals surface area contributed by atoms with Gasteiger partial charge in [-0.05, 0) is 40.2 Å². The van der Waals surface area contributed by atoms with Gasteiger partial charge in [-0.3, -0.25) is 4.79 Å². The van der Waals surface area contributed by atoms with Crippen LogP contribution in [0.25, 0.3) is 21.2 Å². The number of carbonyl (C=O) groups is 1. The van der Waals surface area contributed by atoms with Gasteiger partial charge in [-0.15, -0.1) is 0 Å². The van der Waals surface area contributed by atoms with Gasteiger partial charge in [-0.25, -0.2) is 0 Å². The van der Waals surface area contributed by atoms with E-state index >= 15 is 0 Å². The predicted molar refractivity (Wildman–Crippen MR) is 101 cm³/mol. The molecule has 2 aromatic carbocycles. The number of carbonyl (C=O) groups excluding carboxylic acids is 1. The summed E-state index contributed by atoms with van der Waals surface area (Å²) in [6, 6.07) is 13.1. The van der Waals surface area contributed by atoms with Crippen LogP contribution in [0.15, 0.2) is 56.3 Å². The van der Waals surface area contributed by atoms with Gasteiger partial charge in [0.05, 0.1) is 17.3 Å². The smallest absolute Gasteiger partial charge is 0.315 e. The molecule has 25 heavy (non-hydrogen) atoms. The number of rotatable bonds is 2. The minimum absolute atomic E-state index is 0.191. The summed E-state index contributed by atoms with van der Waals surface area (Å²) < 4.78 is 14.9. The number of amides is 1. The third-order valence-electron chi connectivity index (χ3n) is 3.91. The zero-order valence-electron chi connectivity index (χ0n) is 13.4. The van der Waals surface area contributed by atoms with Gasteiger partial charge < -0.3 is 13.7 Å². The van der Waals surface area contributed by atoms with Crippen LogP contribution in [0.3, 0.4) is 0 Å². The number of hydrogen-bond donors (Lipinski definition) is 0. The summed E-state index contributed by atoms with van der Waals surface area (Å²) in [7, 11) is 3.45. The van der Waals surface area contributed by atoms with Crippen molar-refractivity contribution < 1.29 is 13.9 Å². The Morgan fingerprint density at radius 1 is 1.28 bits per heavy atom. The largest absolute Gasteiger partial charge is 0.493 e. The molecule has 0 fully saturated rings. The minimum atomic E-state index is -0.420. The van der Waals surface area contributed by atoms with E-state index in [-0.39, 0.29) is 5.76 Å². The summed E-state index contributed by atoms with van der Waals surface area (Å²) in [6.45, 7) is 0. The van der Waals surface area contributed by atoms with Crippen LogP contribution < -0.4 is 9.54 Å². The fourth-order valence-corrected chi connectivity index (χ4v) is 4.52. The summed E-state index contributed by atoms with van der Waals surface area (Å²) in [5, 5.41) is 0.807. The SMILES string of the molecule is COc1cccc2cc(C(=O)N=c3sc4cccc(Br)c4n3C)oc12. The summed E-state index contributed by atoms with van der Waals surface area (Å²) >= 11 is 4.99. The molecule has 0 radical (unpaired) electrons. The molecule has 7 heteroatoms. The van der Waals surface area contributed by atoms with E-state index in [2.05, 4.69) is 20.9 Å². The van der Waals surface area contributed by atoms with Gasteiger partial charge in [-0.1, -0.05) is 29.5 Å². The van der Waals surface area contributed by atoms with E-state index < -0.39 is 5.91 Å². The number of benzene rings is 2. The number of para-hydroxylation sites is 2. The summed E-state index contributed by atoms with van der Waals surface area (Å²) in [5.41, 5.74) is 1.55. The highest BCUT2D eigenvalue weighted by Gasteiger charge is 2.15. The van der Waals surface area contributed by atoms with Crippen LogP contribution >= 0.6 is 27.3 Å². The van der Waals surface area contributed by atoms with E-state index in [0.717, 1.165) is 20.1 Å². The highest BCUT2D eigenvalue weighted by Crippen LogP contribution is 2.29. The number of methoxy groups -OCH3 is 1. The van der Waals surface area contributed by atoms with Crippen LogP contribution in [0.5, 0.6) is 5.75 Å². The van der Waals surface area contributed by atoms with Gasteiger partial charge in [0.15, 0.2) is 21.9 Å². The van der Waals surface area contributed by atoms with E-state index in [9.17, 15) is 4.79 Å². The van der Waals surface area contributed by atoms with Crippen LogP contribution in [0.2, 0.25) is 0 Å². The molecule has 0 aliphatic heterocycles. The fourth-order valence-electron chi connectivity index (χ4n) is 2.71. The third kappa shape index (κ3) is 2.69. The van der Waals surface area contributed by atoms with Gasteiger partial charge in [0, 0.05) is 16.9 Å². The van der Waals surface area contributed by atoms with Crippen molar-refractivity contribution in [2.75, 3.05) is 7.11 Å². The third-order valence-corrected chi connectivity index (χ3v) is 5.65. The lowest BCUT2D eigenvalue weighted by molar-refractivity contribution is 0.0973. The number of hydrogen-bond acceptors (Lipinski definition) is 4. The van der Waals surface area contributed by atoms with Gasteiger partial charge in [0.25, 0.3) is 0 Å². The number of nitrogens with zero attached hydrogens (tertiary/aromatic N) is 2. The van der Waals surface area contributed by atoms with Crippen LogP contribution in [0, 0.1) is 0 Å². The summed E-state index contributed by atoms with van der Waals surface area (Å²) in [6.07, 6.45) is 0. The second-order valence-corrected chi connectivity index (χ2v) is 7.30. The number of fused-ring (bicyclic) bond motifs is 2. The second kappa shape index (κ2) is 6.16. The zero-order valence-corrected chi connectivity index (χ0v) is 15.8. The van der Waals surface area contributed by atoms with Crippen molar-refractivity contribution in [1.29, 1.82) is 0 Å². The Bertz CT molecular complexity index is 1190. The first-order valence-corrected chi connectivity index (χ1v) is 9.09. The van der Waals surface area contributed by atoms with Crippen LogP contribution in [-0.4, -0.2) is 17.6 Å². The lowest BCUT2D eigenvalue weighted by Gasteiger charge is -1.98. The monoisotopic (exact) mass is 416 g/mol. The highest BCUT2D eigenvalue weighted by atomic mass is 79.9. The number of aryl methyl sites for hydroxylation is 1. The predicted octanol–water partition coefficient (Wildman–Crippen LogP) is 4.50. The lowest BCUT2D eigenvalue weighted by Crippen LogP contribution is -2.13. The van der Waals surface area contributed by atoms with Crippen molar-refractivity contribution in [3.63, 3.8) is 0 Å². The Morgan fingerprint density at radius 3 is 2.84 bits per heavy atom. The van der Waals surface area contributed by atoms with Gasteiger partial charge in [-0.2, -0.15) is 4.99 Å². The first kappa shape index (κ1) is 16.1. The Balaban J connectivity index is 1.83. The topological polar surface area (TPSA) is 56.7 Å². The minimum Gasteiger partial charge on any atom is -0.493 e. The van der Waals surface area contributed by atoms with E-state index in [1.807, 2.05) is 41.9 Å². The van der Waals surface area contributed by atoms with Gasteiger partial charge in [0.1, 0.15) is 0 Å². The van der Waals surface area contributed by atoms with Crippen molar-refractivity contribution >= 4 is 54.4 Å². The van der Waals surface area contributed by atoms with Gasteiger partial charge >= 0.3 is 5.91 Å². The standard InChI is InChI=1S/C18H13BrN2O3S/c1-21-15-11(19)6-4-8-14(15)25-18(21)20-17(22)13-9-10-5-3-7-12(23-2)16(10)24-13/h3-9H,1-2H3. The van der Waals surface area contributed by atoms with Crippen molar-refractivity contribution in [1.82, 2.24) is 4.57 Å². The van der Waals surface area contributed by atoms with Crippen molar-refractivity contribution in [3.05, 3.63) is 57.5 Å². The molecule has 0 unspecified atom stereocenters. The number of thiazole rings is 1. The molecule has 4 rings (SSSR count). The normalized spacial score (nSPS) is 12.2. The highest BCUT2D eigenvalue weighted by molar-refractivity contribution is 9.10. The first-order chi connectivity index (χ1) is 12.1. The van der Waals surface area contributed by atoms with E-state index in [1.54, 1.807) is 19.2 Å². The molecule has 0 saturated carbocycles. The second-order valence-electron chi connectivity index (χ2n) is 5.44. The molecule has 0 bridgehead atoms. The molecule has 2 heterocycles. The molecule has 2 aromatic heterocycles. The van der Waals surface area contributed by atoms with Crippen LogP contribution in [0.4, 0.5) is 0 Å². The maximum Gasteiger partial charge on any atom is 0.315 e. The molecule has 0 atom stereocenters. The van der Waals surface area contributed by atoms with Crippen LogP contribution in [-0.2, 0) is 7.05 Å². The Kier molecular flexibility index (Phi) is 3.97. The van der Waals surface area contributed by atoms with Crippen molar-refractivity contribution in [2.45, 2.75) is 0 Å². The van der Waals surface area contributed by atoms with E-state index in [0.29, 0.717) is 16.1 Å². The molecule has 0 N–H and O–H groups in total. The molecule has 0 saturated heterocycles. The Labute approximate surface area is 155 Å². The number of aromatic nitrogens is 1. The molecule has 0 aliphatic rings. The molecular formula is C18H13BrN2O3S. The molecule has 5 nitrogen and oxygen atoms in total. The summed E-state index contributed by atoms with van der Waals surface area (Å²) in [5.74, 6) is 0.362. The van der Waals surface area contributed by atoms with E-state index in [4.69, 9.17) is 9.15 Å². The molecule has 4 aromatic rings. The van der Waals surface area contributed by atoms with Crippen molar-refractivity contribution in [2.24, 2.45) is 12.0 Å². The molecular weight excluding hydrogens is 404 g/mol. The number of furan rings is 1.